The average molecular weight is 516 g/mol. The Balaban J connectivity index is 1.18. The number of carbonyl (C=O) groups excluding carboxylic acids is 2. The molecule has 0 radical (unpaired) electrons. The van der Waals surface area contributed by atoms with Crippen molar-refractivity contribution in [2.24, 2.45) is 0 Å². The number of ether oxygens (including phenoxy) is 3. The molecule has 0 aliphatic carbocycles. The molecule has 0 fully saturated rings. The molecule has 0 saturated carbocycles. The van der Waals surface area contributed by atoms with Gasteiger partial charge in [0, 0.05) is 10.9 Å². The fourth-order valence-electron chi connectivity index (χ4n) is 3.40. The van der Waals surface area contributed by atoms with Crippen LogP contribution in [0.5, 0.6) is 17.2 Å². The third-order valence-electron chi connectivity index (χ3n) is 5.11. The number of amides is 2. The molecule has 4 aromatic rings. The molecule has 2 amide bonds. The zero-order chi connectivity index (χ0) is 25.9. The predicted octanol–water partition coefficient (Wildman–Crippen LogP) is 4.01. The summed E-state index contributed by atoms with van der Waals surface area (Å²) in [5.41, 5.74) is 5.25. The molecule has 0 atom stereocenters. The van der Waals surface area contributed by atoms with E-state index >= 15 is 0 Å². The van der Waals surface area contributed by atoms with E-state index in [4.69, 9.17) is 26.4 Å². The van der Waals surface area contributed by atoms with Crippen molar-refractivity contribution in [2.45, 2.75) is 0 Å². The summed E-state index contributed by atoms with van der Waals surface area (Å²) >= 11 is 5.11. The zero-order valence-corrected chi connectivity index (χ0v) is 20.6. The van der Waals surface area contributed by atoms with Gasteiger partial charge in [-0.3, -0.25) is 25.8 Å². The standard InChI is InChI=1S/C28H25N3O5S/c32-26(19-36-25-15-7-9-20-8-4-5-14-24(20)25)30-31-28(37)29-27(33)21-10-6-13-23(18-21)35-17-16-34-22-11-2-1-3-12-22/h1-15,18H,16-17,19H2,(H,30,32)(H2,29,31,33,37). The number of nitrogens with one attached hydrogen (secondary N) is 3. The first-order valence-corrected chi connectivity index (χ1v) is 11.9. The second kappa shape index (κ2) is 12.9. The lowest BCUT2D eigenvalue weighted by atomic mass is 10.1. The van der Waals surface area contributed by atoms with Crippen LogP contribution < -0.4 is 30.4 Å². The van der Waals surface area contributed by atoms with E-state index in [1.54, 1.807) is 30.3 Å². The Kier molecular flexibility index (Phi) is 8.87. The molecule has 4 rings (SSSR count). The molecule has 3 N–H and O–H groups in total. The first-order chi connectivity index (χ1) is 18.1. The number of hydrazine groups is 1. The highest BCUT2D eigenvalue weighted by molar-refractivity contribution is 7.80. The Morgan fingerprint density at radius 2 is 1.38 bits per heavy atom. The fraction of sp³-hybridized carbons (Fsp3) is 0.107. The number of benzene rings is 4. The maximum atomic E-state index is 12.5. The van der Waals surface area contributed by atoms with E-state index < -0.39 is 11.8 Å². The first kappa shape index (κ1) is 25.5. The monoisotopic (exact) mass is 515 g/mol. The number of para-hydroxylation sites is 1. The van der Waals surface area contributed by atoms with Crippen LogP contribution in [0.4, 0.5) is 0 Å². The van der Waals surface area contributed by atoms with Crippen molar-refractivity contribution in [3.05, 3.63) is 103 Å². The number of rotatable bonds is 9. The highest BCUT2D eigenvalue weighted by Crippen LogP contribution is 2.24. The van der Waals surface area contributed by atoms with E-state index in [-0.39, 0.29) is 11.7 Å². The molecular formula is C28H25N3O5S. The van der Waals surface area contributed by atoms with Crippen molar-refractivity contribution in [2.75, 3.05) is 19.8 Å². The Morgan fingerprint density at radius 3 is 2.22 bits per heavy atom. The number of carbonyl (C=O) groups is 2. The lowest BCUT2D eigenvalue weighted by Crippen LogP contribution is -2.49. The van der Waals surface area contributed by atoms with Gasteiger partial charge in [-0.15, -0.1) is 0 Å². The number of hydrogen-bond acceptors (Lipinski definition) is 6. The van der Waals surface area contributed by atoms with E-state index in [0.717, 1.165) is 16.5 Å². The first-order valence-electron chi connectivity index (χ1n) is 11.5. The number of thiocarbonyl (C=S) groups is 1. The number of hydrogen-bond donors (Lipinski definition) is 3. The highest BCUT2D eigenvalue weighted by atomic mass is 32.1. The van der Waals surface area contributed by atoms with Crippen molar-refractivity contribution in [3.63, 3.8) is 0 Å². The highest BCUT2D eigenvalue weighted by Gasteiger charge is 2.11. The largest absolute Gasteiger partial charge is 0.490 e. The topological polar surface area (TPSA) is 97.9 Å². The smallest absolute Gasteiger partial charge is 0.276 e. The van der Waals surface area contributed by atoms with Crippen molar-refractivity contribution in [1.29, 1.82) is 0 Å². The molecule has 0 saturated heterocycles. The summed E-state index contributed by atoms with van der Waals surface area (Å²) < 4.78 is 16.9. The molecule has 0 spiro atoms. The maximum absolute atomic E-state index is 12.5. The zero-order valence-electron chi connectivity index (χ0n) is 19.8. The van der Waals surface area contributed by atoms with Gasteiger partial charge in [-0.2, -0.15) is 0 Å². The van der Waals surface area contributed by atoms with Gasteiger partial charge in [-0.1, -0.05) is 60.7 Å². The summed E-state index contributed by atoms with van der Waals surface area (Å²) in [6.07, 6.45) is 0. The summed E-state index contributed by atoms with van der Waals surface area (Å²) in [5.74, 6) is 0.954. The van der Waals surface area contributed by atoms with Gasteiger partial charge < -0.3 is 14.2 Å². The summed E-state index contributed by atoms with van der Waals surface area (Å²) in [5, 5.41) is 4.36. The Labute approximate surface area is 219 Å². The molecule has 4 aromatic carbocycles. The van der Waals surface area contributed by atoms with Gasteiger partial charge in [0.15, 0.2) is 11.7 Å². The molecule has 188 valence electrons. The van der Waals surface area contributed by atoms with Gasteiger partial charge in [0.05, 0.1) is 0 Å². The minimum absolute atomic E-state index is 0.0638. The van der Waals surface area contributed by atoms with Crippen LogP contribution in [0.25, 0.3) is 10.8 Å². The van der Waals surface area contributed by atoms with Gasteiger partial charge in [0.25, 0.3) is 11.8 Å². The Morgan fingerprint density at radius 1 is 0.703 bits per heavy atom. The predicted molar refractivity (Wildman–Crippen MR) is 145 cm³/mol. The summed E-state index contributed by atoms with van der Waals surface area (Å²) in [6.45, 7) is 0.441. The molecule has 8 nitrogen and oxygen atoms in total. The van der Waals surface area contributed by atoms with Crippen molar-refractivity contribution in [1.82, 2.24) is 16.2 Å². The van der Waals surface area contributed by atoms with Crippen molar-refractivity contribution < 1.29 is 23.8 Å². The van der Waals surface area contributed by atoms with E-state index in [9.17, 15) is 9.59 Å². The van der Waals surface area contributed by atoms with Crippen molar-refractivity contribution in [3.8, 4) is 17.2 Å². The lowest BCUT2D eigenvalue weighted by molar-refractivity contribution is -0.123. The average Bonchev–Trinajstić information content (AvgIpc) is 2.94. The van der Waals surface area contributed by atoms with Crippen LogP contribution >= 0.6 is 12.2 Å². The molecule has 9 heteroatoms. The normalized spacial score (nSPS) is 10.3. The van der Waals surface area contributed by atoms with Crippen LogP contribution in [-0.2, 0) is 4.79 Å². The van der Waals surface area contributed by atoms with Crippen LogP contribution in [0.15, 0.2) is 97.1 Å². The SMILES string of the molecule is O=C(COc1cccc2ccccc12)NNC(=S)NC(=O)c1cccc(OCCOc2ccccc2)c1. The third kappa shape index (κ3) is 7.68. The van der Waals surface area contributed by atoms with E-state index in [2.05, 4.69) is 16.2 Å². The minimum atomic E-state index is -0.461. The molecule has 0 aliphatic rings. The van der Waals surface area contributed by atoms with Gasteiger partial charge in [0.2, 0.25) is 0 Å². The summed E-state index contributed by atoms with van der Waals surface area (Å²) in [6, 6.07) is 29.4. The maximum Gasteiger partial charge on any atom is 0.276 e. The van der Waals surface area contributed by atoms with Crippen LogP contribution in [0.3, 0.4) is 0 Å². The van der Waals surface area contributed by atoms with Gasteiger partial charge in [-0.05, 0) is 54.0 Å². The molecule has 0 aromatic heterocycles. The fourth-order valence-corrected chi connectivity index (χ4v) is 3.54. The van der Waals surface area contributed by atoms with Crippen molar-refractivity contribution >= 4 is 39.9 Å². The number of fused-ring (bicyclic) bond motifs is 1. The van der Waals surface area contributed by atoms with Crippen LogP contribution in [0.1, 0.15) is 10.4 Å². The molecule has 0 heterocycles. The second-order valence-corrected chi connectivity index (χ2v) is 8.17. The summed E-state index contributed by atoms with van der Waals surface area (Å²) in [4.78, 5) is 24.7. The lowest BCUT2D eigenvalue weighted by Gasteiger charge is -2.13. The van der Waals surface area contributed by atoms with Crippen LogP contribution in [-0.4, -0.2) is 36.7 Å². The molecule has 37 heavy (non-hydrogen) atoms. The van der Waals surface area contributed by atoms with Crippen LogP contribution in [0, 0.1) is 0 Å². The third-order valence-corrected chi connectivity index (χ3v) is 5.32. The molecule has 0 unspecified atom stereocenters. The van der Waals surface area contributed by atoms with Gasteiger partial charge >= 0.3 is 0 Å². The molecule has 0 bridgehead atoms. The van der Waals surface area contributed by atoms with Gasteiger partial charge in [-0.25, -0.2) is 0 Å². The van der Waals surface area contributed by atoms with Gasteiger partial charge in [0.1, 0.15) is 30.5 Å². The van der Waals surface area contributed by atoms with E-state index in [0.29, 0.717) is 30.3 Å². The quantitative estimate of drug-likeness (QED) is 0.176. The minimum Gasteiger partial charge on any atom is -0.490 e. The molecular weight excluding hydrogens is 490 g/mol. The molecule has 0 aliphatic heterocycles. The van der Waals surface area contributed by atoms with E-state index in [1.807, 2.05) is 66.7 Å². The summed E-state index contributed by atoms with van der Waals surface area (Å²) in [7, 11) is 0. The second-order valence-electron chi connectivity index (χ2n) is 7.76. The van der Waals surface area contributed by atoms with E-state index in [1.165, 1.54) is 0 Å². The Bertz CT molecular complexity index is 1380. The Hall–Kier alpha value is -4.63. The van der Waals surface area contributed by atoms with Crippen LogP contribution in [0.2, 0.25) is 0 Å².